The lowest BCUT2D eigenvalue weighted by Crippen LogP contribution is -2.22. The Morgan fingerprint density at radius 1 is 0.667 bits per heavy atom. The highest BCUT2D eigenvalue weighted by molar-refractivity contribution is 6.11. The van der Waals surface area contributed by atoms with E-state index < -0.39 is 6.03 Å². The maximum atomic E-state index is 12.7. The van der Waals surface area contributed by atoms with E-state index in [9.17, 15) is 9.59 Å². The first kappa shape index (κ1) is 18.2. The maximum Gasteiger partial charge on any atom is 0.323 e. The SMILES string of the molecule is Cc1ccc(NC(=O)c2ccccc2NC(=O)Nc2ccccc2)cc1C. The number of hydrogen-bond donors (Lipinski definition) is 3. The Balaban J connectivity index is 1.73. The zero-order valence-electron chi connectivity index (χ0n) is 15.2. The Labute approximate surface area is 158 Å². The van der Waals surface area contributed by atoms with Crippen molar-refractivity contribution in [1.29, 1.82) is 0 Å². The molecule has 0 aliphatic carbocycles. The lowest BCUT2D eigenvalue weighted by Gasteiger charge is -2.13. The van der Waals surface area contributed by atoms with Gasteiger partial charge in [-0.05, 0) is 61.4 Å². The topological polar surface area (TPSA) is 70.2 Å². The molecule has 3 aromatic rings. The Morgan fingerprint density at radius 3 is 2.11 bits per heavy atom. The number of benzene rings is 3. The van der Waals surface area contributed by atoms with Crippen LogP contribution >= 0.6 is 0 Å². The molecule has 3 rings (SSSR count). The van der Waals surface area contributed by atoms with Crippen LogP contribution in [0.1, 0.15) is 21.5 Å². The molecule has 3 aromatic carbocycles. The molecule has 0 fully saturated rings. The number of rotatable bonds is 4. The van der Waals surface area contributed by atoms with Gasteiger partial charge >= 0.3 is 6.03 Å². The highest BCUT2D eigenvalue weighted by Gasteiger charge is 2.13. The van der Waals surface area contributed by atoms with Crippen LogP contribution < -0.4 is 16.0 Å². The molecule has 5 heteroatoms. The summed E-state index contributed by atoms with van der Waals surface area (Å²) in [7, 11) is 0. The molecule has 0 aliphatic rings. The number of carbonyl (C=O) groups excluding carboxylic acids is 2. The van der Waals surface area contributed by atoms with Crippen LogP contribution in [0.2, 0.25) is 0 Å². The number of anilines is 3. The molecule has 3 amide bonds. The third-order valence-electron chi connectivity index (χ3n) is 4.22. The molecule has 0 spiro atoms. The number of hydrogen-bond acceptors (Lipinski definition) is 2. The van der Waals surface area contributed by atoms with Crippen molar-refractivity contribution in [2.45, 2.75) is 13.8 Å². The standard InChI is InChI=1S/C22H21N3O2/c1-15-12-13-18(14-16(15)2)23-21(26)19-10-6-7-11-20(19)25-22(27)24-17-8-4-3-5-9-17/h3-14H,1-2H3,(H,23,26)(H2,24,25,27). The van der Waals surface area contributed by atoms with Gasteiger partial charge in [0.1, 0.15) is 0 Å². The third-order valence-corrected chi connectivity index (χ3v) is 4.22. The van der Waals surface area contributed by atoms with Crippen molar-refractivity contribution in [3.63, 3.8) is 0 Å². The molecule has 0 atom stereocenters. The van der Waals surface area contributed by atoms with Gasteiger partial charge < -0.3 is 16.0 Å². The van der Waals surface area contributed by atoms with E-state index in [-0.39, 0.29) is 5.91 Å². The average Bonchev–Trinajstić information content (AvgIpc) is 2.66. The molecule has 0 aromatic heterocycles. The van der Waals surface area contributed by atoms with Crippen LogP contribution in [0.15, 0.2) is 72.8 Å². The van der Waals surface area contributed by atoms with E-state index in [1.54, 1.807) is 36.4 Å². The predicted octanol–water partition coefficient (Wildman–Crippen LogP) is 5.20. The Kier molecular flexibility index (Phi) is 5.52. The van der Waals surface area contributed by atoms with E-state index in [0.29, 0.717) is 22.6 Å². The number of amides is 3. The minimum Gasteiger partial charge on any atom is -0.322 e. The first-order chi connectivity index (χ1) is 13.0. The number of para-hydroxylation sites is 2. The zero-order chi connectivity index (χ0) is 19.2. The molecule has 0 saturated carbocycles. The molecule has 136 valence electrons. The molecular weight excluding hydrogens is 338 g/mol. The molecule has 0 unspecified atom stereocenters. The van der Waals surface area contributed by atoms with Gasteiger partial charge in [-0.15, -0.1) is 0 Å². The second-order valence-corrected chi connectivity index (χ2v) is 6.24. The van der Waals surface area contributed by atoms with Crippen LogP contribution in [0, 0.1) is 13.8 Å². The lowest BCUT2D eigenvalue weighted by atomic mass is 10.1. The van der Waals surface area contributed by atoms with Gasteiger partial charge in [-0.25, -0.2) is 4.79 Å². The largest absolute Gasteiger partial charge is 0.323 e. The van der Waals surface area contributed by atoms with Crippen molar-refractivity contribution >= 4 is 29.0 Å². The van der Waals surface area contributed by atoms with E-state index in [4.69, 9.17) is 0 Å². The first-order valence-electron chi connectivity index (χ1n) is 8.63. The van der Waals surface area contributed by atoms with Crippen molar-refractivity contribution < 1.29 is 9.59 Å². The van der Waals surface area contributed by atoms with Gasteiger partial charge in [-0.3, -0.25) is 4.79 Å². The molecule has 0 heterocycles. The molecule has 5 nitrogen and oxygen atoms in total. The molecule has 3 N–H and O–H groups in total. The summed E-state index contributed by atoms with van der Waals surface area (Å²) >= 11 is 0. The van der Waals surface area contributed by atoms with Crippen LogP contribution in [0.4, 0.5) is 21.9 Å². The van der Waals surface area contributed by atoms with Crippen molar-refractivity contribution in [2.75, 3.05) is 16.0 Å². The quantitative estimate of drug-likeness (QED) is 0.599. The van der Waals surface area contributed by atoms with E-state index in [2.05, 4.69) is 16.0 Å². The van der Waals surface area contributed by atoms with Crippen LogP contribution in [-0.4, -0.2) is 11.9 Å². The molecule has 0 aliphatic heterocycles. The fraction of sp³-hybridized carbons (Fsp3) is 0.0909. The van der Waals surface area contributed by atoms with Gasteiger partial charge in [0.05, 0.1) is 11.3 Å². The minimum atomic E-state index is -0.410. The fourth-order valence-corrected chi connectivity index (χ4v) is 2.61. The van der Waals surface area contributed by atoms with E-state index in [1.165, 1.54) is 0 Å². The molecule has 0 bridgehead atoms. The van der Waals surface area contributed by atoms with Gasteiger partial charge in [0, 0.05) is 11.4 Å². The summed E-state index contributed by atoms with van der Waals surface area (Å²) < 4.78 is 0. The first-order valence-corrected chi connectivity index (χ1v) is 8.63. The van der Waals surface area contributed by atoms with E-state index in [1.807, 2.05) is 50.2 Å². The molecule has 27 heavy (non-hydrogen) atoms. The number of aryl methyl sites for hydroxylation is 2. The van der Waals surface area contributed by atoms with Crippen LogP contribution in [-0.2, 0) is 0 Å². The summed E-state index contributed by atoms with van der Waals surface area (Å²) in [6.45, 7) is 4.01. The van der Waals surface area contributed by atoms with E-state index >= 15 is 0 Å². The van der Waals surface area contributed by atoms with Crippen LogP contribution in [0.5, 0.6) is 0 Å². The lowest BCUT2D eigenvalue weighted by molar-refractivity contribution is 0.102. The van der Waals surface area contributed by atoms with Gasteiger partial charge in [0.2, 0.25) is 0 Å². The molecule has 0 radical (unpaired) electrons. The highest BCUT2D eigenvalue weighted by Crippen LogP contribution is 2.19. The Morgan fingerprint density at radius 2 is 1.37 bits per heavy atom. The summed E-state index contributed by atoms with van der Waals surface area (Å²) in [5.41, 5.74) is 4.47. The van der Waals surface area contributed by atoms with Crippen molar-refractivity contribution in [3.05, 3.63) is 89.5 Å². The van der Waals surface area contributed by atoms with Gasteiger partial charge in [-0.2, -0.15) is 0 Å². The summed E-state index contributed by atoms with van der Waals surface area (Å²) in [4.78, 5) is 24.9. The second-order valence-electron chi connectivity index (χ2n) is 6.24. The number of carbonyl (C=O) groups is 2. The van der Waals surface area contributed by atoms with Crippen LogP contribution in [0.3, 0.4) is 0 Å². The van der Waals surface area contributed by atoms with Crippen molar-refractivity contribution in [2.24, 2.45) is 0 Å². The van der Waals surface area contributed by atoms with Crippen LogP contribution in [0.25, 0.3) is 0 Å². The maximum absolute atomic E-state index is 12.7. The molecular formula is C22H21N3O2. The monoisotopic (exact) mass is 359 g/mol. The summed E-state index contributed by atoms with van der Waals surface area (Å²) in [6, 6.07) is 21.3. The van der Waals surface area contributed by atoms with Gasteiger partial charge in [0.15, 0.2) is 0 Å². The van der Waals surface area contributed by atoms with Crippen molar-refractivity contribution in [1.82, 2.24) is 0 Å². The fourth-order valence-electron chi connectivity index (χ4n) is 2.61. The zero-order valence-corrected chi connectivity index (χ0v) is 15.2. The smallest absolute Gasteiger partial charge is 0.322 e. The Bertz CT molecular complexity index is 968. The summed E-state index contributed by atoms with van der Waals surface area (Å²) in [5, 5.41) is 8.35. The van der Waals surface area contributed by atoms with Gasteiger partial charge in [0.25, 0.3) is 5.91 Å². The predicted molar refractivity (Wildman–Crippen MR) is 109 cm³/mol. The normalized spacial score (nSPS) is 10.1. The Hall–Kier alpha value is -3.60. The van der Waals surface area contributed by atoms with Crippen molar-refractivity contribution in [3.8, 4) is 0 Å². The molecule has 0 saturated heterocycles. The van der Waals surface area contributed by atoms with E-state index in [0.717, 1.165) is 11.1 Å². The average molecular weight is 359 g/mol. The summed E-state index contributed by atoms with van der Waals surface area (Å²) in [5.74, 6) is -0.283. The number of urea groups is 1. The van der Waals surface area contributed by atoms with Gasteiger partial charge in [-0.1, -0.05) is 36.4 Å². The highest BCUT2D eigenvalue weighted by atomic mass is 16.2. The number of nitrogens with one attached hydrogen (secondary N) is 3. The minimum absolute atomic E-state index is 0.283. The second kappa shape index (κ2) is 8.19. The third kappa shape index (κ3) is 4.73. The summed E-state index contributed by atoms with van der Waals surface area (Å²) in [6.07, 6.45) is 0.